The minimum atomic E-state index is -2.57. The Hall–Kier alpha value is -1.33. The number of hydrogen-bond acceptors (Lipinski definition) is 3. The van der Waals surface area contributed by atoms with Crippen molar-refractivity contribution in [1.29, 1.82) is 5.26 Å². The fraction of sp³-hybridized carbons (Fsp3) is 0. The van der Waals surface area contributed by atoms with Crippen LogP contribution in [0.15, 0.2) is 54.6 Å². The van der Waals surface area contributed by atoms with E-state index in [1.165, 1.54) is 0 Å². The van der Waals surface area contributed by atoms with Crippen LogP contribution in [0.1, 0.15) is 5.56 Å². The van der Waals surface area contributed by atoms with E-state index in [0.29, 0.717) is 11.3 Å². The first kappa shape index (κ1) is 13.1. The van der Waals surface area contributed by atoms with E-state index >= 15 is 0 Å². The zero-order valence-electron chi connectivity index (χ0n) is 9.29. The summed E-state index contributed by atoms with van der Waals surface area (Å²) in [6, 6.07) is 18.2. The van der Waals surface area contributed by atoms with E-state index in [0.717, 1.165) is 5.30 Å². The van der Waals surface area contributed by atoms with Gasteiger partial charge in [-0.05, 0) is 59.4 Å². The summed E-state index contributed by atoms with van der Waals surface area (Å²) in [6.45, 7) is 0. The fourth-order valence-corrected chi connectivity index (χ4v) is 3.61. The van der Waals surface area contributed by atoms with Crippen LogP contribution in [0.3, 0.4) is 0 Å². The van der Waals surface area contributed by atoms with Crippen LogP contribution < -0.4 is 9.83 Å². The van der Waals surface area contributed by atoms with Gasteiger partial charge in [0.1, 0.15) is 5.75 Å². The van der Waals surface area contributed by atoms with Crippen molar-refractivity contribution in [3.8, 4) is 11.8 Å². The van der Waals surface area contributed by atoms with Crippen molar-refractivity contribution in [1.82, 2.24) is 0 Å². The highest BCUT2D eigenvalue weighted by molar-refractivity contribution is 8.28. The highest BCUT2D eigenvalue weighted by atomic mass is 35.7. The number of nitriles is 1. The second kappa shape index (κ2) is 5.54. The van der Waals surface area contributed by atoms with E-state index in [4.69, 9.17) is 32.8 Å². The lowest BCUT2D eigenvalue weighted by atomic mass is 10.2. The molecular formula is C13H9ClNOPS. The summed E-state index contributed by atoms with van der Waals surface area (Å²) in [5.41, 5.74) is -1.99. The molecule has 2 rings (SSSR count). The van der Waals surface area contributed by atoms with Crippen LogP contribution in [0.4, 0.5) is 0 Å². The van der Waals surface area contributed by atoms with Gasteiger partial charge in [0.05, 0.1) is 11.6 Å². The molecular weight excluding hydrogens is 285 g/mol. The second-order valence-electron chi connectivity index (χ2n) is 3.54. The van der Waals surface area contributed by atoms with Crippen molar-refractivity contribution in [2.45, 2.75) is 0 Å². The van der Waals surface area contributed by atoms with E-state index in [1.807, 2.05) is 36.4 Å². The summed E-state index contributed by atoms with van der Waals surface area (Å²) < 4.78 is 5.67. The van der Waals surface area contributed by atoms with Gasteiger partial charge < -0.3 is 4.52 Å². The fourth-order valence-electron chi connectivity index (χ4n) is 1.38. The van der Waals surface area contributed by atoms with E-state index in [2.05, 4.69) is 0 Å². The summed E-state index contributed by atoms with van der Waals surface area (Å²) in [6.07, 6.45) is 0. The van der Waals surface area contributed by atoms with Gasteiger partial charge in [0, 0.05) is 5.30 Å². The Morgan fingerprint density at radius 2 is 1.67 bits per heavy atom. The van der Waals surface area contributed by atoms with Crippen LogP contribution in [0.2, 0.25) is 0 Å². The molecule has 0 aliphatic carbocycles. The molecule has 5 heteroatoms. The molecule has 2 aromatic rings. The van der Waals surface area contributed by atoms with Crippen molar-refractivity contribution in [3.63, 3.8) is 0 Å². The van der Waals surface area contributed by atoms with Crippen LogP contribution in [0.25, 0.3) is 0 Å². The molecule has 18 heavy (non-hydrogen) atoms. The summed E-state index contributed by atoms with van der Waals surface area (Å²) in [5.74, 6) is 0.580. The Bertz CT molecular complexity index is 622. The van der Waals surface area contributed by atoms with E-state index in [-0.39, 0.29) is 0 Å². The molecule has 0 heterocycles. The first-order valence-electron chi connectivity index (χ1n) is 5.17. The summed E-state index contributed by atoms with van der Waals surface area (Å²) in [4.78, 5) is 0. The lowest BCUT2D eigenvalue weighted by Crippen LogP contribution is -2.04. The third-order valence-electron chi connectivity index (χ3n) is 2.27. The van der Waals surface area contributed by atoms with Crippen molar-refractivity contribution >= 4 is 34.0 Å². The molecule has 0 bridgehead atoms. The predicted octanol–water partition coefficient (Wildman–Crippen LogP) is 3.81. The van der Waals surface area contributed by atoms with Gasteiger partial charge in [0.2, 0.25) is 5.62 Å². The van der Waals surface area contributed by atoms with Gasteiger partial charge in [0.15, 0.2) is 0 Å². The van der Waals surface area contributed by atoms with Crippen LogP contribution in [0.5, 0.6) is 5.75 Å². The second-order valence-corrected chi connectivity index (χ2v) is 8.77. The largest absolute Gasteiger partial charge is 0.449 e. The lowest BCUT2D eigenvalue weighted by Gasteiger charge is -2.16. The van der Waals surface area contributed by atoms with Crippen molar-refractivity contribution in [2.24, 2.45) is 0 Å². The molecule has 0 amide bonds. The van der Waals surface area contributed by atoms with Crippen molar-refractivity contribution < 1.29 is 4.52 Å². The monoisotopic (exact) mass is 293 g/mol. The van der Waals surface area contributed by atoms with Gasteiger partial charge >= 0.3 is 0 Å². The molecule has 0 saturated heterocycles. The van der Waals surface area contributed by atoms with Crippen LogP contribution in [-0.4, -0.2) is 0 Å². The zero-order chi connectivity index (χ0) is 13.0. The zero-order valence-corrected chi connectivity index (χ0v) is 11.8. The molecule has 1 atom stereocenters. The molecule has 2 nitrogen and oxygen atoms in total. The Morgan fingerprint density at radius 1 is 1.06 bits per heavy atom. The molecule has 0 spiro atoms. The first-order valence-corrected chi connectivity index (χ1v) is 8.79. The van der Waals surface area contributed by atoms with Gasteiger partial charge in [-0.15, -0.1) is 0 Å². The van der Waals surface area contributed by atoms with Crippen molar-refractivity contribution in [3.05, 3.63) is 60.2 Å². The Morgan fingerprint density at radius 3 is 2.22 bits per heavy atom. The number of halogens is 1. The highest BCUT2D eigenvalue weighted by Crippen LogP contribution is 2.51. The molecule has 0 aliphatic heterocycles. The Labute approximate surface area is 116 Å². The molecule has 0 aliphatic rings. The van der Waals surface area contributed by atoms with Crippen LogP contribution in [0, 0.1) is 11.3 Å². The maximum atomic E-state index is 8.71. The first-order chi connectivity index (χ1) is 8.62. The molecule has 0 radical (unpaired) electrons. The number of nitrogens with zero attached hydrogens (tertiary/aromatic N) is 1. The van der Waals surface area contributed by atoms with Gasteiger partial charge in [-0.2, -0.15) is 5.26 Å². The quantitative estimate of drug-likeness (QED) is 0.807. The highest BCUT2D eigenvalue weighted by Gasteiger charge is 2.18. The smallest absolute Gasteiger partial charge is 0.228 e. The Kier molecular flexibility index (Phi) is 4.04. The van der Waals surface area contributed by atoms with Crippen molar-refractivity contribution in [2.75, 3.05) is 0 Å². The standard InChI is InChI=1S/C13H9ClNOPS/c14-17(18,13-4-2-1-3-5-13)16-12-8-6-11(10-15)7-9-12/h1-9H. The number of hydrogen-bond donors (Lipinski definition) is 0. The normalized spacial score (nSPS) is 13.3. The summed E-state index contributed by atoms with van der Waals surface area (Å²) in [5, 5.41) is 9.52. The predicted molar refractivity (Wildman–Crippen MR) is 78.0 cm³/mol. The van der Waals surface area contributed by atoms with Gasteiger partial charge in [0.25, 0.3) is 0 Å². The molecule has 0 aromatic heterocycles. The SMILES string of the molecule is N#Cc1ccc(OP(=S)(Cl)c2ccccc2)cc1. The summed E-state index contributed by atoms with van der Waals surface area (Å²) in [7, 11) is 0. The number of rotatable bonds is 3. The minimum Gasteiger partial charge on any atom is -0.449 e. The van der Waals surface area contributed by atoms with E-state index < -0.39 is 5.62 Å². The van der Waals surface area contributed by atoms with Crippen LogP contribution >= 0.6 is 16.9 Å². The Balaban J connectivity index is 2.23. The average Bonchev–Trinajstić information content (AvgIpc) is 2.40. The summed E-state index contributed by atoms with van der Waals surface area (Å²) >= 11 is 11.7. The third kappa shape index (κ3) is 3.11. The van der Waals surface area contributed by atoms with Gasteiger partial charge in [-0.1, -0.05) is 18.2 Å². The number of benzene rings is 2. The molecule has 90 valence electrons. The van der Waals surface area contributed by atoms with E-state index in [1.54, 1.807) is 24.3 Å². The van der Waals surface area contributed by atoms with Gasteiger partial charge in [-0.3, -0.25) is 0 Å². The minimum absolute atomic E-state index is 0.574. The average molecular weight is 294 g/mol. The molecule has 0 saturated carbocycles. The molecule has 0 fully saturated rings. The third-order valence-corrected chi connectivity index (χ3v) is 5.28. The lowest BCUT2D eigenvalue weighted by molar-refractivity contribution is 0.632. The maximum absolute atomic E-state index is 8.71. The maximum Gasteiger partial charge on any atom is 0.228 e. The van der Waals surface area contributed by atoms with Gasteiger partial charge in [-0.25, -0.2) is 0 Å². The topological polar surface area (TPSA) is 33.0 Å². The molecule has 2 aromatic carbocycles. The molecule has 1 unspecified atom stereocenters. The molecule has 0 N–H and O–H groups in total. The van der Waals surface area contributed by atoms with E-state index in [9.17, 15) is 0 Å². The van der Waals surface area contributed by atoms with Crippen LogP contribution in [-0.2, 0) is 11.8 Å².